The van der Waals surface area contributed by atoms with E-state index in [2.05, 4.69) is 4.98 Å². The Morgan fingerprint density at radius 3 is 3.07 bits per heavy atom. The standard InChI is InChI=1S/C11H12N2O2/c14-8-10-4-5-11(15)13(10)7-9-3-1-2-6-12-9/h1-3,6,8,10H,4-5,7H2/t10-/m0/s1. The maximum Gasteiger partial charge on any atom is 0.223 e. The average molecular weight is 204 g/mol. The summed E-state index contributed by atoms with van der Waals surface area (Å²) >= 11 is 0. The van der Waals surface area contributed by atoms with Gasteiger partial charge in [-0.25, -0.2) is 0 Å². The number of aromatic nitrogens is 1. The Labute approximate surface area is 87.9 Å². The molecule has 1 fully saturated rings. The van der Waals surface area contributed by atoms with Crippen molar-refractivity contribution in [2.24, 2.45) is 0 Å². The van der Waals surface area contributed by atoms with E-state index in [0.717, 1.165) is 12.0 Å². The third-order valence-corrected chi connectivity index (χ3v) is 2.59. The molecule has 15 heavy (non-hydrogen) atoms. The van der Waals surface area contributed by atoms with Crippen LogP contribution in [0.1, 0.15) is 18.5 Å². The second kappa shape index (κ2) is 4.21. The van der Waals surface area contributed by atoms with Crippen molar-refractivity contribution in [3.63, 3.8) is 0 Å². The first kappa shape index (κ1) is 9.83. The van der Waals surface area contributed by atoms with Crippen LogP contribution in [0.5, 0.6) is 0 Å². The van der Waals surface area contributed by atoms with Crippen molar-refractivity contribution in [3.8, 4) is 0 Å². The van der Waals surface area contributed by atoms with Gasteiger partial charge in [0, 0.05) is 12.6 Å². The van der Waals surface area contributed by atoms with Gasteiger partial charge in [0.1, 0.15) is 6.29 Å². The summed E-state index contributed by atoms with van der Waals surface area (Å²) in [6.07, 6.45) is 3.63. The number of likely N-dealkylation sites (tertiary alicyclic amines) is 1. The molecule has 4 heteroatoms. The topological polar surface area (TPSA) is 50.3 Å². The third-order valence-electron chi connectivity index (χ3n) is 2.59. The summed E-state index contributed by atoms with van der Waals surface area (Å²) in [5.41, 5.74) is 0.819. The van der Waals surface area contributed by atoms with Crippen LogP contribution in [0.4, 0.5) is 0 Å². The quantitative estimate of drug-likeness (QED) is 0.683. The van der Waals surface area contributed by atoms with E-state index < -0.39 is 0 Å². The summed E-state index contributed by atoms with van der Waals surface area (Å²) in [5.74, 6) is 0.0396. The predicted octanol–water partition coefficient (Wildman–Crippen LogP) is 0.772. The maximum atomic E-state index is 11.5. The van der Waals surface area contributed by atoms with Crippen LogP contribution in [0.2, 0.25) is 0 Å². The van der Waals surface area contributed by atoms with Crippen molar-refractivity contribution >= 4 is 12.2 Å². The predicted molar refractivity (Wildman–Crippen MR) is 53.9 cm³/mol. The molecule has 1 amide bonds. The molecule has 0 bridgehead atoms. The summed E-state index contributed by atoms with van der Waals surface area (Å²) < 4.78 is 0. The molecule has 1 saturated heterocycles. The van der Waals surface area contributed by atoms with Crippen LogP contribution in [0.15, 0.2) is 24.4 Å². The highest BCUT2D eigenvalue weighted by Crippen LogP contribution is 2.18. The van der Waals surface area contributed by atoms with Crippen molar-refractivity contribution in [2.45, 2.75) is 25.4 Å². The number of carbonyl (C=O) groups excluding carboxylic acids is 2. The molecule has 0 saturated carbocycles. The van der Waals surface area contributed by atoms with Gasteiger partial charge in [0.2, 0.25) is 5.91 Å². The molecular weight excluding hydrogens is 192 g/mol. The fraction of sp³-hybridized carbons (Fsp3) is 0.364. The molecule has 0 radical (unpaired) electrons. The number of hydrogen-bond donors (Lipinski definition) is 0. The highest BCUT2D eigenvalue weighted by molar-refractivity contribution is 5.83. The largest absolute Gasteiger partial charge is 0.327 e. The van der Waals surface area contributed by atoms with Crippen molar-refractivity contribution in [3.05, 3.63) is 30.1 Å². The number of carbonyl (C=O) groups is 2. The van der Waals surface area contributed by atoms with Crippen molar-refractivity contribution in [2.75, 3.05) is 0 Å². The number of aldehydes is 1. The van der Waals surface area contributed by atoms with Crippen LogP contribution in [0, 0.1) is 0 Å². The molecule has 1 aromatic rings. The average Bonchev–Trinajstić information content (AvgIpc) is 2.62. The van der Waals surface area contributed by atoms with Gasteiger partial charge in [-0.05, 0) is 18.6 Å². The Morgan fingerprint density at radius 1 is 1.53 bits per heavy atom. The second-order valence-corrected chi connectivity index (χ2v) is 3.58. The van der Waals surface area contributed by atoms with Crippen LogP contribution in [0.25, 0.3) is 0 Å². The number of hydrogen-bond acceptors (Lipinski definition) is 3. The first-order valence-electron chi connectivity index (χ1n) is 4.96. The Kier molecular flexibility index (Phi) is 2.76. The lowest BCUT2D eigenvalue weighted by Gasteiger charge is -2.19. The van der Waals surface area contributed by atoms with Gasteiger partial charge >= 0.3 is 0 Å². The smallest absolute Gasteiger partial charge is 0.223 e. The molecule has 2 rings (SSSR count). The van der Waals surface area contributed by atoms with Gasteiger partial charge < -0.3 is 9.69 Å². The number of rotatable bonds is 3. The SMILES string of the molecule is O=C[C@@H]1CCC(=O)N1Cc1ccccn1. The minimum Gasteiger partial charge on any atom is -0.327 e. The van der Waals surface area contributed by atoms with Gasteiger partial charge in [-0.3, -0.25) is 9.78 Å². The normalized spacial score (nSPS) is 20.7. The maximum absolute atomic E-state index is 11.5. The first-order valence-corrected chi connectivity index (χ1v) is 4.96. The zero-order valence-corrected chi connectivity index (χ0v) is 8.30. The third kappa shape index (κ3) is 2.03. The monoisotopic (exact) mass is 204 g/mol. The number of nitrogens with zero attached hydrogens (tertiary/aromatic N) is 2. The summed E-state index contributed by atoms with van der Waals surface area (Å²) in [6.45, 7) is 0.434. The van der Waals surface area contributed by atoms with E-state index in [-0.39, 0.29) is 11.9 Å². The zero-order valence-electron chi connectivity index (χ0n) is 8.30. The first-order chi connectivity index (χ1) is 7.31. The highest BCUT2D eigenvalue weighted by Gasteiger charge is 2.30. The van der Waals surface area contributed by atoms with Crippen LogP contribution >= 0.6 is 0 Å². The van der Waals surface area contributed by atoms with Crippen molar-refractivity contribution in [1.82, 2.24) is 9.88 Å². The lowest BCUT2D eigenvalue weighted by molar-refractivity contribution is -0.131. The summed E-state index contributed by atoms with van der Waals surface area (Å²) in [7, 11) is 0. The van der Waals surface area contributed by atoms with Gasteiger partial charge in [-0.15, -0.1) is 0 Å². The fourth-order valence-electron chi connectivity index (χ4n) is 1.77. The molecule has 0 N–H and O–H groups in total. The van der Waals surface area contributed by atoms with E-state index >= 15 is 0 Å². The van der Waals surface area contributed by atoms with E-state index in [1.54, 1.807) is 11.1 Å². The second-order valence-electron chi connectivity index (χ2n) is 3.58. The summed E-state index contributed by atoms with van der Waals surface area (Å²) in [5, 5.41) is 0. The van der Waals surface area contributed by atoms with Crippen LogP contribution < -0.4 is 0 Å². The van der Waals surface area contributed by atoms with Gasteiger partial charge in [-0.2, -0.15) is 0 Å². The molecule has 2 heterocycles. The Morgan fingerprint density at radius 2 is 2.40 bits per heavy atom. The Balaban J connectivity index is 2.10. The van der Waals surface area contributed by atoms with E-state index in [1.807, 2.05) is 18.2 Å². The summed E-state index contributed by atoms with van der Waals surface area (Å²) in [4.78, 5) is 28.0. The molecule has 0 spiro atoms. The molecular formula is C11H12N2O2. The lowest BCUT2D eigenvalue weighted by atomic mass is 10.2. The van der Waals surface area contributed by atoms with Gasteiger partial charge in [-0.1, -0.05) is 6.07 Å². The van der Waals surface area contributed by atoms with E-state index in [0.29, 0.717) is 19.4 Å². The number of pyridine rings is 1. The number of amides is 1. The molecule has 0 aliphatic carbocycles. The molecule has 1 atom stereocenters. The molecule has 78 valence electrons. The molecule has 0 aromatic carbocycles. The molecule has 0 unspecified atom stereocenters. The van der Waals surface area contributed by atoms with E-state index in [4.69, 9.17) is 0 Å². The highest BCUT2D eigenvalue weighted by atomic mass is 16.2. The van der Waals surface area contributed by atoms with Crippen LogP contribution in [-0.4, -0.2) is 28.1 Å². The zero-order chi connectivity index (χ0) is 10.7. The minimum atomic E-state index is -0.264. The molecule has 4 nitrogen and oxygen atoms in total. The van der Waals surface area contributed by atoms with Gasteiger partial charge in [0.05, 0.1) is 18.3 Å². The van der Waals surface area contributed by atoms with Crippen LogP contribution in [0.3, 0.4) is 0 Å². The molecule has 1 aromatic heterocycles. The van der Waals surface area contributed by atoms with Crippen molar-refractivity contribution < 1.29 is 9.59 Å². The van der Waals surface area contributed by atoms with Crippen LogP contribution in [-0.2, 0) is 16.1 Å². The van der Waals surface area contributed by atoms with E-state index in [9.17, 15) is 9.59 Å². The summed E-state index contributed by atoms with van der Waals surface area (Å²) in [6, 6.07) is 5.29. The van der Waals surface area contributed by atoms with Gasteiger partial charge in [0.25, 0.3) is 0 Å². The lowest BCUT2D eigenvalue weighted by Crippen LogP contribution is -2.33. The molecule has 1 aliphatic heterocycles. The fourth-order valence-corrected chi connectivity index (χ4v) is 1.77. The minimum absolute atomic E-state index is 0.0396. The van der Waals surface area contributed by atoms with E-state index in [1.165, 1.54) is 0 Å². The Bertz CT molecular complexity index is 364. The van der Waals surface area contributed by atoms with Gasteiger partial charge in [0.15, 0.2) is 0 Å². The Hall–Kier alpha value is -1.71. The molecule has 1 aliphatic rings. The van der Waals surface area contributed by atoms with Crippen molar-refractivity contribution in [1.29, 1.82) is 0 Å².